The number of nitrogens with zero attached hydrogens (tertiary/aromatic N) is 1. The first-order chi connectivity index (χ1) is 9.05. The maximum atomic E-state index is 12.2. The maximum absolute atomic E-state index is 12.2. The number of nitrogens with one attached hydrogen (secondary N) is 1. The van der Waals surface area contributed by atoms with Crippen molar-refractivity contribution in [3.63, 3.8) is 0 Å². The lowest BCUT2D eigenvalue weighted by Crippen LogP contribution is -2.41. The fourth-order valence-electron chi connectivity index (χ4n) is 1.87. The summed E-state index contributed by atoms with van der Waals surface area (Å²) in [6.07, 6.45) is 1.37. The molecule has 0 saturated carbocycles. The molecule has 2 N–H and O–H groups in total. The van der Waals surface area contributed by atoms with Crippen LogP contribution in [0.1, 0.15) is 45.1 Å². The summed E-state index contributed by atoms with van der Waals surface area (Å²) < 4.78 is 31.7. The molecule has 20 heavy (non-hydrogen) atoms. The summed E-state index contributed by atoms with van der Waals surface area (Å²) in [4.78, 5) is 0.0529. The molecule has 0 fully saturated rings. The third-order valence-corrected chi connectivity index (χ3v) is 4.78. The number of aliphatic hydroxyl groups is 1. The van der Waals surface area contributed by atoms with Crippen LogP contribution in [0.5, 0.6) is 0 Å². The van der Waals surface area contributed by atoms with Crippen molar-refractivity contribution in [2.45, 2.75) is 58.0 Å². The number of hydrogen-bond acceptors (Lipinski definition) is 5. The van der Waals surface area contributed by atoms with Gasteiger partial charge in [0.15, 0.2) is 5.76 Å². The predicted molar refractivity (Wildman–Crippen MR) is 75.9 cm³/mol. The summed E-state index contributed by atoms with van der Waals surface area (Å²) in [5.74, 6) is 0.706. The molecule has 7 heteroatoms. The highest BCUT2D eigenvalue weighted by atomic mass is 32.2. The number of sulfonamides is 1. The Hall–Kier alpha value is -0.920. The van der Waals surface area contributed by atoms with Gasteiger partial charge in [-0.2, -0.15) is 0 Å². The van der Waals surface area contributed by atoms with Crippen molar-refractivity contribution < 1.29 is 18.0 Å². The normalized spacial score (nSPS) is 15.6. The number of hydrogen-bond donors (Lipinski definition) is 2. The van der Waals surface area contributed by atoms with Gasteiger partial charge in [0, 0.05) is 6.54 Å². The SMILES string of the molecule is Cc1noc(C)c1S(=O)(=O)NCC(C)(O)CCC(C)C. The second-order valence-corrected chi connectivity index (χ2v) is 7.61. The van der Waals surface area contributed by atoms with Crippen LogP contribution in [0.15, 0.2) is 9.42 Å². The summed E-state index contributed by atoms with van der Waals surface area (Å²) >= 11 is 0. The van der Waals surface area contributed by atoms with Crippen molar-refractivity contribution in [2.75, 3.05) is 6.54 Å². The first-order valence-electron chi connectivity index (χ1n) is 6.70. The van der Waals surface area contributed by atoms with Gasteiger partial charge in [-0.05, 0) is 39.5 Å². The van der Waals surface area contributed by atoms with Gasteiger partial charge in [-0.3, -0.25) is 0 Å². The van der Waals surface area contributed by atoms with Gasteiger partial charge in [0.1, 0.15) is 10.6 Å². The van der Waals surface area contributed by atoms with Crippen molar-refractivity contribution in [1.29, 1.82) is 0 Å². The molecule has 1 aromatic heterocycles. The highest BCUT2D eigenvalue weighted by molar-refractivity contribution is 7.89. The largest absolute Gasteiger partial charge is 0.389 e. The Morgan fingerprint density at radius 3 is 2.45 bits per heavy atom. The van der Waals surface area contributed by atoms with Crippen LogP contribution in [0.4, 0.5) is 0 Å². The van der Waals surface area contributed by atoms with E-state index in [1.807, 2.05) is 0 Å². The molecule has 0 aliphatic heterocycles. The summed E-state index contributed by atoms with van der Waals surface area (Å²) in [7, 11) is -3.72. The van der Waals surface area contributed by atoms with Crippen LogP contribution in [0, 0.1) is 19.8 Å². The second-order valence-electron chi connectivity index (χ2n) is 5.91. The third-order valence-electron chi connectivity index (χ3n) is 3.14. The monoisotopic (exact) mass is 304 g/mol. The molecule has 0 aliphatic rings. The quantitative estimate of drug-likeness (QED) is 0.800. The van der Waals surface area contributed by atoms with E-state index in [9.17, 15) is 13.5 Å². The number of rotatable bonds is 7. The number of aromatic nitrogens is 1. The van der Waals surface area contributed by atoms with E-state index in [1.165, 1.54) is 0 Å². The molecular formula is C13H24N2O4S. The third kappa shape index (κ3) is 4.57. The molecule has 116 valence electrons. The van der Waals surface area contributed by atoms with Gasteiger partial charge >= 0.3 is 0 Å². The first kappa shape index (κ1) is 17.1. The number of aryl methyl sites for hydroxylation is 2. The van der Waals surface area contributed by atoms with Gasteiger partial charge in [0.05, 0.1) is 5.60 Å². The molecule has 0 radical (unpaired) electrons. The van der Waals surface area contributed by atoms with Crippen molar-refractivity contribution in [1.82, 2.24) is 9.88 Å². The second kappa shape index (κ2) is 6.24. The molecule has 1 heterocycles. The fraction of sp³-hybridized carbons (Fsp3) is 0.769. The van der Waals surface area contributed by atoms with E-state index in [0.29, 0.717) is 18.0 Å². The standard InChI is InChI=1S/C13H24N2O4S/c1-9(2)6-7-13(5,16)8-14-20(17,18)12-10(3)15-19-11(12)4/h9,14,16H,6-8H2,1-5H3. The summed E-state index contributed by atoms with van der Waals surface area (Å²) in [6, 6.07) is 0. The predicted octanol–water partition coefficient (Wildman–Crippen LogP) is 1.76. The average Bonchev–Trinajstić information content (AvgIpc) is 2.65. The molecule has 0 bridgehead atoms. The topological polar surface area (TPSA) is 92.4 Å². The van der Waals surface area contributed by atoms with Crippen LogP contribution < -0.4 is 4.72 Å². The zero-order chi connectivity index (χ0) is 15.6. The van der Waals surface area contributed by atoms with E-state index in [0.717, 1.165) is 6.42 Å². The molecule has 0 spiro atoms. The minimum absolute atomic E-state index is 0.0356. The smallest absolute Gasteiger partial charge is 0.246 e. The summed E-state index contributed by atoms with van der Waals surface area (Å²) in [6.45, 7) is 8.83. The average molecular weight is 304 g/mol. The van der Waals surface area contributed by atoms with Gasteiger partial charge < -0.3 is 9.63 Å². The molecule has 1 unspecified atom stereocenters. The van der Waals surface area contributed by atoms with E-state index in [1.54, 1.807) is 20.8 Å². The molecular weight excluding hydrogens is 280 g/mol. The van der Waals surface area contributed by atoms with Gasteiger partial charge in [-0.15, -0.1) is 0 Å². The lowest BCUT2D eigenvalue weighted by molar-refractivity contribution is 0.0506. The van der Waals surface area contributed by atoms with E-state index >= 15 is 0 Å². The van der Waals surface area contributed by atoms with Crippen LogP contribution in [0.3, 0.4) is 0 Å². The Morgan fingerprint density at radius 1 is 1.40 bits per heavy atom. The van der Waals surface area contributed by atoms with Crippen molar-refractivity contribution >= 4 is 10.0 Å². The van der Waals surface area contributed by atoms with Crippen molar-refractivity contribution in [3.8, 4) is 0 Å². The van der Waals surface area contributed by atoms with Crippen LogP contribution in [-0.2, 0) is 10.0 Å². The van der Waals surface area contributed by atoms with Gasteiger partial charge in [0.25, 0.3) is 0 Å². The highest BCUT2D eigenvalue weighted by Crippen LogP contribution is 2.20. The van der Waals surface area contributed by atoms with E-state index in [2.05, 4.69) is 23.7 Å². The van der Waals surface area contributed by atoms with Crippen LogP contribution in [0.2, 0.25) is 0 Å². The Labute approximate surface area is 120 Å². The van der Waals surface area contributed by atoms with E-state index in [4.69, 9.17) is 4.52 Å². The van der Waals surface area contributed by atoms with Crippen molar-refractivity contribution in [2.24, 2.45) is 5.92 Å². The molecule has 0 aromatic carbocycles. The summed E-state index contributed by atoms with van der Waals surface area (Å²) in [5.41, 5.74) is -0.757. The van der Waals surface area contributed by atoms with Gasteiger partial charge in [-0.25, -0.2) is 13.1 Å². The molecule has 0 amide bonds. The van der Waals surface area contributed by atoms with Crippen LogP contribution >= 0.6 is 0 Å². The Bertz CT molecular complexity index is 527. The maximum Gasteiger partial charge on any atom is 0.246 e. The molecule has 0 aliphatic carbocycles. The van der Waals surface area contributed by atoms with E-state index < -0.39 is 15.6 Å². The fourth-order valence-corrected chi connectivity index (χ4v) is 3.36. The zero-order valence-electron chi connectivity index (χ0n) is 12.7. The zero-order valence-corrected chi connectivity index (χ0v) is 13.5. The first-order valence-corrected chi connectivity index (χ1v) is 8.18. The molecule has 0 saturated heterocycles. The Kier molecular flexibility index (Phi) is 5.34. The minimum atomic E-state index is -3.72. The molecule has 1 atom stereocenters. The lowest BCUT2D eigenvalue weighted by Gasteiger charge is -2.24. The van der Waals surface area contributed by atoms with Crippen molar-refractivity contribution in [3.05, 3.63) is 11.5 Å². The Morgan fingerprint density at radius 2 is 2.00 bits per heavy atom. The van der Waals surface area contributed by atoms with E-state index in [-0.39, 0.29) is 17.2 Å². The van der Waals surface area contributed by atoms with Gasteiger partial charge in [-0.1, -0.05) is 19.0 Å². The minimum Gasteiger partial charge on any atom is -0.389 e. The van der Waals surface area contributed by atoms with Crippen LogP contribution in [-0.4, -0.2) is 30.8 Å². The molecule has 1 aromatic rings. The molecule has 6 nitrogen and oxygen atoms in total. The molecule has 1 rings (SSSR count). The lowest BCUT2D eigenvalue weighted by atomic mass is 9.96. The Balaban J connectivity index is 2.73. The highest BCUT2D eigenvalue weighted by Gasteiger charge is 2.28. The van der Waals surface area contributed by atoms with Gasteiger partial charge in [0.2, 0.25) is 10.0 Å². The summed E-state index contributed by atoms with van der Waals surface area (Å²) in [5, 5.41) is 13.8. The van der Waals surface area contributed by atoms with Crippen LogP contribution in [0.25, 0.3) is 0 Å².